The summed E-state index contributed by atoms with van der Waals surface area (Å²) >= 11 is 0. The van der Waals surface area contributed by atoms with Gasteiger partial charge in [0.15, 0.2) is 0 Å². The van der Waals surface area contributed by atoms with Gasteiger partial charge in [-0.1, -0.05) is 0 Å². The first-order chi connectivity index (χ1) is 10.4. The van der Waals surface area contributed by atoms with Gasteiger partial charge in [-0.3, -0.25) is 0 Å². The zero-order valence-electron chi connectivity index (χ0n) is 14.2. The van der Waals surface area contributed by atoms with Crippen LogP contribution in [0.3, 0.4) is 0 Å². The number of nitrogens with zero attached hydrogens (tertiary/aromatic N) is 3. The number of ether oxygens (including phenoxy) is 1. The highest BCUT2D eigenvalue weighted by Crippen LogP contribution is 2.37. The number of hydrogen-bond acceptors (Lipinski definition) is 5. The van der Waals surface area contributed by atoms with Crippen LogP contribution in [-0.2, 0) is 4.74 Å². The summed E-state index contributed by atoms with van der Waals surface area (Å²) in [6.45, 7) is 10.8. The maximum Gasteiger partial charge on any atom is 0.225 e. The van der Waals surface area contributed by atoms with E-state index >= 15 is 0 Å². The number of piperidine rings is 1. The number of rotatable bonds is 3. The van der Waals surface area contributed by atoms with Crippen molar-refractivity contribution < 1.29 is 4.74 Å². The molecule has 2 aliphatic rings. The molecule has 1 aromatic heterocycles. The molecule has 0 saturated carbocycles. The molecule has 0 aliphatic carbocycles. The van der Waals surface area contributed by atoms with Crippen molar-refractivity contribution in [1.29, 1.82) is 0 Å². The van der Waals surface area contributed by atoms with Crippen molar-refractivity contribution in [3.05, 3.63) is 18.5 Å². The first kappa shape index (κ1) is 15.7. The Morgan fingerprint density at radius 1 is 1.14 bits per heavy atom. The molecule has 0 aromatic carbocycles. The highest BCUT2D eigenvalue weighted by atomic mass is 16.5. The molecule has 0 bridgehead atoms. The quantitative estimate of drug-likeness (QED) is 0.929. The van der Waals surface area contributed by atoms with Crippen LogP contribution in [0.5, 0.6) is 0 Å². The Morgan fingerprint density at radius 3 is 2.32 bits per heavy atom. The molecule has 0 spiro atoms. The molecule has 1 aromatic rings. The number of nitrogens with one attached hydrogen (secondary N) is 1. The van der Waals surface area contributed by atoms with Crippen LogP contribution in [0.15, 0.2) is 18.5 Å². The van der Waals surface area contributed by atoms with Gasteiger partial charge in [0.05, 0.1) is 11.2 Å². The Morgan fingerprint density at radius 2 is 1.77 bits per heavy atom. The number of aromatic nitrogens is 2. The first-order valence-corrected chi connectivity index (χ1v) is 8.34. The number of hydrogen-bond donors (Lipinski definition) is 1. The van der Waals surface area contributed by atoms with Crippen LogP contribution in [-0.4, -0.2) is 46.3 Å². The highest BCUT2D eigenvalue weighted by molar-refractivity contribution is 5.29. The van der Waals surface area contributed by atoms with Crippen LogP contribution in [0.1, 0.15) is 47.0 Å². The van der Waals surface area contributed by atoms with Crippen LogP contribution in [0.25, 0.3) is 0 Å². The summed E-state index contributed by atoms with van der Waals surface area (Å²) in [5, 5.41) is 3.84. The zero-order valence-corrected chi connectivity index (χ0v) is 14.2. The van der Waals surface area contributed by atoms with Crippen molar-refractivity contribution in [1.82, 2.24) is 15.3 Å². The predicted molar refractivity (Wildman–Crippen MR) is 88.1 cm³/mol. The van der Waals surface area contributed by atoms with Gasteiger partial charge in [0.2, 0.25) is 5.95 Å². The molecule has 1 N–H and O–H groups in total. The van der Waals surface area contributed by atoms with Crippen molar-refractivity contribution in [3.8, 4) is 0 Å². The van der Waals surface area contributed by atoms with Gasteiger partial charge in [0.25, 0.3) is 0 Å². The van der Waals surface area contributed by atoms with Crippen LogP contribution in [0.2, 0.25) is 0 Å². The molecule has 5 nitrogen and oxygen atoms in total. The Bertz CT molecular complexity index is 495. The largest absolute Gasteiger partial charge is 0.368 e. The fourth-order valence-corrected chi connectivity index (χ4v) is 3.81. The molecule has 2 saturated heterocycles. The topological polar surface area (TPSA) is 50.3 Å². The lowest BCUT2D eigenvalue weighted by Crippen LogP contribution is -2.51. The van der Waals surface area contributed by atoms with E-state index in [1.165, 1.54) is 0 Å². The molecule has 0 radical (unpaired) electrons. The molecule has 22 heavy (non-hydrogen) atoms. The van der Waals surface area contributed by atoms with Crippen molar-refractivity contribution in [2.75, 3.05) is 18.0 Å². The third-order valence-electron chi connectivity index (χ3n) is 4.84. The number of anilines is 1. The van der Waals surface area contributed by atoms with E-state index in [0.717, 1.165) is 38.3 Å². The van der Waals surface area contributed by atoms with E-state index in [-0.39, 0.29) is 11.2 Å². The predicted octanol–water partition coefficient (Wildman–Crippen LogP) is 2.38. The van der Waals surface area contributed by atoms with Crippen molar-refractivity contribution in [3.63, 3.8) is 0 Å². The molecule has 2 fully saturated rings. The second-order valence-electron chi connectivity index (χ2n) is 7.70. The lowest BCUT2D eigenvalue weighted by Gasteiger charge is -2.36. The maximum atomic E-state index is 6.19. The zero-order chi connectivity index (χ0) is 15.8. The van der Waals surface area contributed by atoms with Gasteiger partial charge < -0.3 is 15.0 Å². The Kier molecular flexibility index (Phi) is 4.12. The minimum Gasteiger partial charge on any atom is -0.368 e. The van der Waals surface area contributed by atoms with E-state index < -0.39 is 0 Å². The van der Waals surface area contributed by atoms with Crippen molar-refractivity contribution in [2.24, 2.45) is 0 Å². The fraction of sp³-hybridized carbons (Fsp3) is 0.765. The molecule has 5 heteroatoms. The Hall–Kier alpha value is -1.20. The van der Waals surface area contributed by atoms with E-state index in [2.05, 4.69) is 47.9 Å². The second kappa shape index (κ2) is 5.78. The van der Waals surface area contributed by atoms with E-state index in [1.807, 2.05) is 18.5 Å². The van der Waals surface area contributed by atoms with Gasteiger partial charge in [0.1, 0.15) is 0 Å². The monoisotopic (exact) mass is 304 g/mol. The molecule has 122 valence electrons. The first-order valence-electron chi connectivity index (χ1n) is 8.34. The lowest BCUT2D eigenvalue weighted by atomic mass is 9.92. The van der Waals surface area contributed by atoms with Gasteiger partial charge in [0, 0.05) is 37.6 Å². The van der Waals surface area contributed by atoms with E-state index in [0.29, 0.717) is 12.1 Å². The Balaban J connectivity index is 1.54. The van der Waals surface area contributed by atoms with Gasteiger partial charge in [-0.25, -0.2) is 9.97 Å². The smallest absolute Gasteiger partial charge is 0.225 e. The Labute approximate surface area is 133 Å². The summed E-state index contributed by atoms with van der Waals surface area (Å²) < 4.78 is 6.19. The molecular weight excluding hydrogens is 276 g/mol. The standard InChI is InChI=1S/C17H28N4O/c1-16(2)12-14(17(3,4)22-16)20-13-6-10-21(11-7-13)15-18-8-5-9-19-15/h5,8-9,13-14,20H,6-7,10-12H2,1-4H3. The minimum absolute atomic E-state index is 0.0280. The third kappa shape index (κ3) is 3.41. The minimum atomic E-state index is -0.0941. The van der Waals surface area contributed by atoms with E-state index in [9.17, 15) is 0 Å². The van der Waals surface area contributed by atoms with Gasteiger partial charge >= 0.3 is 0 Å². The van der Waals surface area contributed by atoms with E-state index in [4.69, 9.17) is 4.74 Å². The molecule has 3 rings (SSSR count). The summed E-state index contributed by atoms with van der Waals surface area (Å²) in [6, 6.07) is 2.84. The van der Waals surface area contributed by atoms with Crippen molar-refractivity contribution >= 4 is 5.95 Å². The van der Waals surface area contributed by atoms with Crippen LogP contribution in [0, 0.1) is 0 Å². The highest BCUT2D eigenvalue weighted by Gasteiger charge is 2.46. The average molecular weight is 304 g/mol. The molecular formula is C17H28N4O. The molecule has 2 aliphatic heterocycles. The van der Waals surface area contributed by atoms with Crippen LogP contribution >= 0.6 is 0 Å². The van der Waals surface area contributed by atoms with Gasteiger partial charge in [-0.05, 0) is 53.0 Å². The van der Waals surface area contributed by atoms with Gasteiger partial charge in [-0.2, -0.15) is 0 Å². The lowest BCUT2D eigenvalue weighted by molar-refractivity contribution is -0.0706. The summed E-state index contributed by atoms with van der Waals surface area (Å²) in [4.78, 5) is 11.0. The average Bonchev–Trinajstić information content (AvgIpc) is 2.68. The van der Waals surface area contributed by atoms with Crippen LogP contribution in [0.4, 0.5) is 5.95 Å². The summed E-state index contributed by atoms with van der Waals surface area (Å²) in [5.41, 5.74) is -0.122. The molecule has 1 unspecified atom stereocenters. The molecule has 1 atom stereocenters. The summed E-state index contributed by atoms with van der Waals surface area (Å²) in [6.07, 6.45) is 6.96. The van der Waals surface area contributed by atoms with Gasteiger partial charge in [-0.15, -0.1) is 0 Å². The normalized spacial score (nSPS) is 28.0. The van der Waals surface area contributed by atoms with Crippen LogP contribution < -0.4 is 10.2 Å². The maximum absolute atomic E-state index is 6.19. The third-order valence-corrected chi connectivity index (χ3v) is 4.84. The SMILES string of the molecule is CC1(C)CC(NC2CCN(c3ncccn3)CC2)C(C)(C)O1. The van der Waals surface area contributed by atoms with Crippen molar-refractivity contribution in [2.45, 2.75) is 70.2 Å². The molecule has 0 amide bonds. The summed E-state index contributed by atoms with van der Waals surface area (Å²) in [7, 11) is 0. The molecule has 3 heterocycles. The summed E-state index contributed by atoms with van der Waals surface area (Å²) in [5.74, 6) is 0.853. The second-order valence-corrected chi connectivity index (χ2v) is 7.70. The fourth-order valence-electron chi connectivity index (χ4n) is 3.81. The van der Waals surface area contributed by atoms with E-state index in [1.54, 1.807) is 0 Å².